The molecule has 1 N–H and O–H groups in total. The van der Waals surface area contributed by atoms with Crippen molar-refractivity contribution >= 4 is 0 Å². The van der Waals surface area contributed by atoms with Gasteiger partial charge in [0, 0.05) is 6.20 Å². The average Bonchev–Trinajstić information content (AvgIpc) is 2.45. The molecule has 1 aromatic heterocycles. The average molecular weight is 300 g/mol. The highest BCUT2D eigenvalue weighted by Crippen LogP contribution is 2.37. The maximum Gasteiger partial charge on any atom is 0.417 e. The second-order valence-electron chi connectivity index (χ2n) is 6.02. The Labute approximate surface area is 124 Å². The fourth-order valence-electron chi connectivity index (χ4n) is 3.11. The number of halogens is 3. The first-order valence-electron chi connectivity index (χ1n) is 7.68. The molecule has 2 rings (SSSR count). The highest BCUT2D eigenvalue weighted by atomic mass is 19.4. The van der Waals surface area contributed by atoms with Crippen LogP contribution in [-0.4, -0.2) is 11.5 Å². The summed E-state index contributed by atoms with van der Waals surface area (Å²) >= 11 is 0. The molecular formula is C16H23F3N2. The molecule has 21 heavy (non-hydrogen) atoms. The fraction of sp³-hybridized carbons (Fsp3) is 0.688. The van der Waals surface area contributed by atoms with Crippen LogP contribution < -0.4 is 5.32 Å². The van der Waals surface area contributed by atoms with E-state index >= 15 is 0 Å². The molecule has 2 nitrogen and oxygen atoms in total. The van der Waals surface area contributed by atoms with Gasteiger partial charge in [-0.25, -0.2) is 0 Å². The number of alkyl halides is 3. The number of nitrogens with one attached hydrogen (secondary N) is 1. The lowest BCUT2D eigenvalue weighted by Crippen LogP contribution is -2.31. The van der Waals surface area contributed by atoms with Gasteiger partial charge in [-0.05, 0) is 43.4 Å². The smallest absolute Gasteiger partial charge is 0.309 e. The van der Waals surface area contributed by atoms with E-state index in [0.717, 1.165) is 43.3 Å². The Hall–Kier alpha value is -1.10. The molecule has 0 spiro atoms. The molecule has 0 saturated heterocycles. The first-order valence-corrected chi connectivity index (χ1v) is 7.68. The van der Waals surface area contributed by atoms with E-state index in [0.29, 0.717) is 5.92 Å². The number of rotatable bonds is 4. The summed E-state index contributed by atoms with van der Waals surface area (Å²) in [6.07, 6.45) is 1.23. The Morgan fingerprint density at radius 3 is 2.38 bits per heavy atom. The zero-order valence-corrected chi connectivity index (χ0v) is 12.6. The molecule has 1 fully saturated rings. The molecule has 1 aromatic rings. The minimum Gasteiger partial charge on any atom is -0.309 e. The zero-order valence-electron chi connectivity index (χ0n) is 12.6. The molecule has 5 heteroatoms. The van der Waals surface area contributed by atoms with E-state index in [9.17, 15) is 13.2 Å². The van der Waals surface area contributed by atoms with Crippen LogP contribution in [0.2, 0.25) is 0 Å². The second-order valence-corrected chi connectivity index (χ2v) is 6.02. The fourth-order valence-corrected chi connectivity index (χ4v) is 3.11. The monoisotopic (exact) mass is 300 g/mol. The van der Waals surface area contributed by atoms with E-state index in [2.05, 4.69) is 17.2 Å². The lowest BCUT2D eigenvalue weighted by Gasteiger charge is -2.33. The molecular weight excluding hydrogens is 277 g/mol. The summed E-state index contributed by atoms with van der Waals surface area (Å²) in [6.45, 7) is 5.07. The Bertz CT molecular complexity index is 434. The summed E-state index contributed by atoms with van der Waals surface area (Å²) in [5.74, 6) is 1.22. The molecule has 0 bridgehead atoms. The second kappa shape index (κ2) is 6.77. The van der Waals surface area contributed by atoms with Gasteiger partial charge in [-0.3, -0.25) is 4.98 Å². The number of hydrogen-bond donors (Lipinski definition) is 1. The zero-order chi connectivity index (χ0) is 15.5. The quantitative estimate of drug-likeness (QED) is 0.880. The van der Waals surface area contributed by atoms with Crippen LogP contribution in [0, 0.1) is 11.8 Å². The molecule has 0 aromatic carbocycles. The predicted octanol–water partition coefficient (Wildman–Crippen LogP) is 4.58. The molecule has 1 heterocycles. The minimum atomic E-state index is -4.32. The maximum atomic E-state index is 12.6. The van der Waals surface area contributed by atoms with Crippen molar-refractivity contribution in [3.63, 3.8) is 0 Å². The van der Waals surface area contributed by atoms with Gasteiger partial charge < -0.3 is 5.32 Å². The van der Waals surface area contributed by atoms with Gasteiger partial charge in [-0.15, -0.1) is 0 Å². The summed E-state index contributed by atoms with van der Waals surface area (Å²) in [6, 6.07) is 2.72. The van der Waals surface area contributed by atoms with Crippen LogP contribution in [0.25, 0.3) is 0 Å². The van der Waals surface area contributed by atoms with Crippen molar-refractivity contribution in [3.8, 4) is 0 Å². The molecule has 0 aliphatic heterocycles. The van der Waals surface area contributed by atoms with Gasteiger partial charge in [0.05, 0.1) is 17.3 Å². The SMILES string of the molecule is CCNC(c1ccc(C(F)(F)F)cn1)C1CCC(C)CC1. The highest BCUT2D eigenvalue weighted by molar-refractivity contribution is 5.19. The van der Waals surface area contributed by atoms with E-state index in [1.165, 1.54) is 18.9 Å². The van der Waals surface area contributed by atoms with Gasteiger partial charge in [0.2, 0.25) is 0 Å². The Balaban J connectivity index is 2.14. The maximum absolute atomic E-state index is 12.6. The largest absolute Gasteiger partial charge is 0.417 e. The minimum absolute atomic E-state index is 0.0600. The molecule has 0 radical (unpaired) electrons. The molecule has 1 atom stereocenters. The first-order chi connectivity index (χ1) is 9.91. The van der Waals surface area contributed by atoms with Gasteiger partial charge in [0.1, 0.15) is 0 Å². The first kappa shape index (κ1) is 16.3. The number of aromatic nitrogens is 1. The highest BCUT2D eigenvalue weighted by Gasteiger charge is 2.32. The van der Waals surface area contributed by atoms with Crippen LogP contribution >= 0.6 is 0 Å². The van der Waals surface area contributed by atoms with Crippen LogP contribution in [0.4, 0.5) is 13.2 Å². The van der Waals surface area contributed by atoms with Crippen molar-refractivity contribution in [1.29, 1.82) is 0 Å². The standard InChI is InChI=1S/C16H23F3N2/c1-3-20-15(12-6-4-11(2)5-7-12)14-9-8-13(10-21-14)16(17,18)19/h8-12,15,20H,3-7H2,1-2H3. The predicted molar refractivity (Wildman–Crippen MR) is 76.8 cm³/mol. The van der Waals surface area contributed by atoms with Gasteiger partial charge in [-0.1, -0.05) is 26.7 Å². The Morgan fingerprint density at radius 2 is 1.90 bits per heavy atom. The van der Waals surface area contributed by atoms with Crippen molar-refractivity contribution < 1.29 is 13.2 Å². The van der Waals surface area contributed by atoms with E-state index in [-0.39, 0.29) is 6.04 Å². The third-order valence-corrected chi connectivity index (χ3v) is 4.39. The van der Waals surface area contributed by atoms with E-state index in [4.69, 9.17) is 0 Å². The van der Waals surface area contributed by atoms with Crippen molar-refractivity contribution in [2.45, 2.75) is 51.7 Å². The van der Waals surface area contributed by atoms with Crippen LogP contribution in [0.1, 0.15) is 56.8 Å². The van der Waals surface area contributed by atoms with Crippen molar-refractivity contribution in [2.75, 3.05) is 6.54 Å². The Kier molecular flexibility index (Phi) is 5.25. The third-order valence-electron chi connectivity index (χ3n) is 4.39. The van der Waals surface area contributed by atoms with Crippen LogP contribution in [0.15, 0.2) is 18.3 Å². The van der Waals surface area contributed by atoms with E-state index in [1.807, 2.05) is 6.92 Å². The van der Waals surface area contributed by atoms with Crippen molar-refractivity contribution in [1.82, 2.24) is 10.3 Å². The van der Waals surface area contributed by atoms with Crippen molar-refractivity contribution in [3.05, 3.63) is 29.6 Å². The third kappa shape index (κ3) is 4.19. The van der Waals surface area contributed by atoms with Crippen LogP contribution in [-0.2, 0) is 6.18 Å². The summed E-state index contributed by atoms with van der Waals surface area (Å²) in [7, 11) is 0. The molecule has 1 saturated carbocycles. The molecule has 118 valence electrons. The van der Waals surface area contributed by atoms with E-state index in [1.54, 1.807) is 0 Å². The summed E-state index contributed by atoms with van der Waals surface area (Å²) in [4.78, 5) is 4.08. The normalized spacial score (nSPS) is 24.8. The van der Waals surface area contributed by atoms with Crippen LogP contribution in [0.3, 0.4) is 0 Å². The van der Waals surface area contributed by atoms with Gasteiger partial charge in [0.25, 0.3) is 0 Å². The summed E-state index contributed by atoms with van der Waals surface area (Å²) in [5, 5.41) is 3.40. The van der Waals surface area contributed by atoms with Crippen LogP contribution in [0.5, 0.6) is 0 Å². The van der Waals surface area contributed by atoms with Gasteiger partial charge in [-0.2, -0.15) is 13.2 Å². The van der Waals surface area contributed by atoms with Gasteiger partial charge >= 0.3 is 6.18 Å². The number of pyridine rings is 1. The van der Waals surface area contributed by atoms with Gasteiger partial charge in [0.15, 0.2) is 0 Å². The molecule has 1 aliphatic rings. The lowest BCUT2D eigenvalue weighted by molar-refractivity contribution is -0.137. The van der Waals surface area contributed by atoms with E-state index < -0.39 is 11.7 Å². The molecule has 1 aliphatic carbocycles. The number of hydrogen-bond acceptors (Lipinski definition) is 2. The topological polar surface area (TPSA) is 24.9 Å². The van der Waals surface area contributed by atoms with Crippen molar-refractivity contribution in [2.24, 2.45) is 11.8 Å². The summed E-state index contributed by atoms with van der Waals surface area (Å²) in [5.41, 5.74) is 0.0446. The lowest BCUT2D eigenvalue weighted by atomic mass is 9.78. The number of nitrogens with zero attached hydrogens (tertiary/aromatic N) is 1. The summed E-state index contributed by atoms with van der Waals surface area (Å²) < 4.78 is 37.8. The molecule has 0 amide bonds. The molecule has 1 unspecified atom stereocenters. The Morgan fingerprint density at radius 1 is 1.24 bits per heavy atom.